The van der Waals surface area contributed by atoms with Crippen molar-refractivity contribution >= 4 is 0 Å². The maximum atomic E-state index is 6.41. The van der Waals surface area contributed by atoms with Crippen LogP contribution in [0.1, 0.15) is 121 Å². The van der Waals surface area contributed by atoms with Crippen molar-refractivity contribution in [3.63, 3.8) is 0 Å². The van der Waals surface area contributed by atoms with Gasteiger partial charge in [0, 0.05) is 6.42 Å². The summed E-state index contributed by atoms with van der Waals surface area (Å²) in [6, 6.07) is 17.4. The minimum Gasteiger partial charge on any atom is -0.491 e. The van der Waals surface area contributed by atoms with E-state index in [1.54, 1.807) is 0 Å². The number of ether oxygens (including phenoxy) is 3. The monoisotopic (exact) mass is 492 g/mol. The summed E-state index contributed by atoms with van der Waals surface area (Å²) in [4.78, 5) is 0. The molecule has 0 amide bonds. The predicted molar refractivity (Wildman–Crippen MR) is 149 cm³/mol. The summed E-state index contributed by atoms with van der Waals surface area (Å²) >= 11 is 0. The van der Waals surface area contributed by atoms with E-state index < -0.39 is 0 Å². The number of rotatable bonds is 12. The highest BCUT2D eigenvalue weighted by molar-refractivity contribution is 5.30. The molecule has 0 spiro atoms. The lowest BCUT2D eigenvalue weighted by Crippen LogP contribution is -2.32. The van der Waals surface area contributed by atoms with E-state index in [4.69, 9.17) is 14.2 Å². The van der Waals surface area contributed by atoms with Crippen LogP contribution in [-0.2, 0) is 4.74 Å². The molecule has 2 fully saturated rings. The standard InChI is InChI=1S/C33H48O3/c1-4-26(2)27-13-19-31(20-14-27)36-32(25-33(3)21-9-6-10-22-33)35-24-23-34-30-17-15-29(16-18-30)28-11-7-5-8-12-28/h13-20,26,28,32H,4-12,21-25H2,1-3H3. The third kappa shape index (κ3) is 8.00. The predicted octanol–water partition coefficient (Wildman–Crippen LogP) is 9.41. The third-order valence-electron chi connectivity index (χ3n) is 8.66. The molecule has 0 N–H and O–H groups in total. The molecule has 0 radical (unpaired) electrons. The first-order chi connectivity index (χ1) is 17.5. The first-order valence-corrected chi connectivity index (χ1v) is 14.7. The van der Waals surface area contributed by atoms with Crippen molar-refractivity contribution in [2.24, 2.45) is 5.41 Å². The van der Waals surface area contributed by atoms with Gasteiger partial charge in [-0.1, -0.05) is 83.6 Å². The second-order valence-corrected chi connectivity index (χ2v) is 11.6. The summed E-state index contributed by atoms with van der Waals surface area (Å²) in [5.41, 5.74) is 3.12. The zero-order valence-electron chi connectivity index (χ0n) is 23.0. The summed E-state index contributed by atoms with van der Waals surface area (Å²) in [5, 5.41) is 0. The molecular weight excluding hydrogens is 444 g/mol. The van der Waals surface area contributed by atoms with E-state index in [0.717, 1.165) is 30.3 Å². The highest BCUT2D eigenvalue weighted by atomic mass is 16.7. The molecule has 0 aliphatic heterocycles. The van der Waals surface area contributed by atoms with Crippen LogP contribution >= 0.6 is 0 Å². The second kappa shape index (κ2) is 13.5. The molecule has 4 rings (SSSR count). The lowest BCUT2D eigenvalue weighted by Gasteiger charge is -2.36. The fourth-order valence-electron chi connectivity index (χ4n) is 6.02. The summed E-state index contributed by atoms with van der Waals surface area (Å²) in [7, 11) is 0. The van der Waals surface area contributed by atoms with E-state index in [1.165, 1.54) is 75.3 Å². The molecular formula is C33H48O3. The van der Waals surface area contributed by atoms with Gasteiger partial charge >= 0.3 is 0 Å². The lowest BCUT2D eigenvalue weighted by atomic mass is 9.73. The van der Waals surface area contributed by atoms with Gasteiger partial charge in [0.2, 0.25) is 0 Å². The molecule has 2 aromatic rings. The molecule has 3 heteroatoms. The van der Waals surface area contributed by atoms with Crippen LogP contribution in [-0.4, -0.2) is 19.5 Å². The van der Waals surface area contributed by atoms with Gasteiger partial charge in [0.15, 0.2) is 6.29 Å². The van der Waals surface area contributed by atoms with Gasteiger partial charge in [0.25, 0.3) is 0 Å². The van der Waals surface area contributed by atoms with Crippen LogP contribution < -0.4 is 9.47 Å². The number of hydrogen-bond donors (Lipinski definition) is 0. The Morgan fingerprint density at radius 1 is 0.806 bits per heavy atom. The van der Waals surface area contributed by atoms with E-state index in [2.05, 4.69) is 69.3 Å². The van der Waals surface area contributed by atoms with Crippen LogP contribution in [0.3, 0.4) is 0 Å². The van der Waals surface area contributed by atoms with Gasteiger partial charge in [0.05, 0.1) is 6.61 Å². The molecule has 2 aromatic carbocycles. The zero-order chi connectivity index (χ0) is 25.2. The fraction of sp³-hybridized carbons (Fsp3) is 0.636. The van der Waals surface area contributed by atoms with Crippen molar-refractivity contribution in [1.29, 1.82) is 0 Å². The van der Waals surface area contributed by atoms with Crippen molar-refractivity contribution in [2.75, 3.05) is 13.2 Å². The summed E-state index contributed by atoms with van der Waals surface area (Å²) in [5.74, 6) is 3.12. The van der Waals surface area contributed by atoms with Crippen LogP contribution in [0.5, 0.6) is 11.5 Å². The average Bonchev–Trinajstić information content (AvgIpc) is 2.92. The third-order valence-corrected chi connectivity index (χ3v) is 8.66. The van der Waals surface area contributed by atoms with Gasteiger partial charge in [-0.25, -0.2) is 0 Å². The molecule has 0 heterocycles. The molecule has 2 unspecified atom stereocenters. The van der Waals surface area contributed by atoms with Crippen molar-refractivity contribution in [3.8, 4) is 11.5 Å². The van der Waals surface area contributed by atoms with Gasteiger partial charge in [-0.2, -0.15) is 0 Å². The molecule has 198 valence electrons. The van der Waals surface area contributed by atoms with Crippen molar-refractivity contribution in [2.45, 2.75) is 116 Å². The minimum absolute atomic E-state index is 0.250. The van der Waals surface area contributed by atoms with E-state index >= 15 is 0 Å². The lowest BCUT2D eigenvalue weighted by molar-refractivity contribution is -0.112. The normalized spacial score (nSPS) is 20.0. The topological polar surface area (TPSA) is 27.7 Å². The molecule has 0 bridgehead atoms. The van der Waals surface area contributed by atoms with E-state index in [-0.39, 0.29) is 11.7 Å². The van der Waals surface area contributed by atoms with Gasteiger partial charge < -0.3 is 14.2 Å². The van der Waals surface area contributed by atoms with Crippen LogP contribution in [0.4, 0.5) is 0 Å². The maximum absolute atomic E-state index is 6.41. The van der Waals surface area contributed by atoms with Gasteiger partial charge in [-0.15, -0.1) is 0 Å². The van der Waals surface area contributed by atoms with Crippen molar-refractivity contribution in [3.05, 3.63) is 59.7 Å². The van der Waals surface area contributed by atoms with E-state index in [0.29, 0.717) is 19.1 Å². The van der Waals surface area contributed by atoms with Crippen molar-refractivity contribution in [1.82, 2.24) is 0 Å². The molecule has 2 atom stereocenters. The second-order valence-electron chi connectivity index (χ2n) is 11.6. The molecule has 36 heavy (non-hydrogen) atoms. The first kappa shape index (κ1) is 27.0. The van der Waals surface area contributed by atoms with Crippen molar-refractivity contribution < 1.29 is 14.2 Å². The molecule has 0 saturated heterocycles. The maximum Gasteiger partial charge on any atom is 0.200 e. The number of benzene rings is 2. The van der Waals surface area contributed by atoms with Crippen LogP contribution in [0.2, 0.25) is 0 Å². The summed E-state index contributed by atoms with van der Waals surface area (Å²) in [6.45, 7) is 7.97. The van der Waals surface area contributed by atoms with Gasteiger partial charge in [-0.3, -0.25) is 0 Å². The van der Waals surface area contributed by atoms with Crippen LogP contribution in [0.15, 0.2) is 48.5 Å². The van der Waals surface area contributed by atoms with Gasteiger partial charge in [-0.05, 0) is 84.7 Å². The van der Waals surface area contributed by atoms with Gasteiger partial charge in [0.1, 0.15) is 18.1 Å². The Labute approximate surface area is 219 Å². The minimum atomic E-state index is -0.250. The van der Waals surface area contributed by atoms with E-state index in [1.807, 2.05) is 0 Å². The fourth-order valence-corrected chi connectivity index (χ4v) is 6.02. The molecule has 0 aromatic heterocycles. The highest BCUT2D eigenvalue weighted by Gasteiger charge is 2.31. The Morgan fingerprint density at radius 3 is 2.11 bits per heavy atom. The molecule has 2 saturated carbocycles. The van der Waals surface area contributed by atoms with E-state index in [9.17, 15) is 0 Å². The largest absolute Gasteiger partial charge is 0.491 e. The molecule has 3 nitrogen and oxygen atoms in total. The Hall–Kier alpha value is -2.00. The zero-order valence-corrected chi connectivity index (χ0v) is 23.0. The Kier molecular flexibility index (Phi) is 10.2. The first-order valence-electron chi connectivity index (χ1n) is 14.7. The summed E-state index contributed by atoms with van der Waals surface area (Å²) < 4.78 is 18.8. The Balaban J connectivity index is 1.30. The van der Waals surface area contributed by atoms with Crippen LogP contribution in [0, 0.1) is 5.41 Å². The quantitative estimate of drug-likeness (QED) is 0.218. The Morgan fingerprint density at radius 2 is 1.44 bits per heavy atom. The average molecular weight is 493 g/mol. The summed E-state index contributed by atoms with van der Waals surface area (Å²) in [6.07, 6.45) is 15.1. The van der Waals surface area contributed by atoms with Crippen LogP contribution in [0.25, 0.3) is 0 Å². The molecule has 2 aliphatic carbocycles. The number of hydrogen-bond acceptors (Lipinski definition) is 3. The smallest absolute Gasteiger partial charge is 0.200 e. The molecule has 2 aliphatic rings. The highest BCUT2D eigenvalue weighted by Crippen LogP contribution is 2.40. The SMILES string of the molecule is CCC(C)c1ccc(OC(CC2(C)CCCCC2)OCCOc2ccc(C3CCCCC3)cc2)cc1. The Bertz CT molecular complexity index is 876.